The molecule has 132 valence electrons. The standard InChI is InChI=1S/C21H26N2O2/c1-25-21(24)19-9-5-6-10-20(19)22-15-17-11-13-23(14-12-17)16-18-7-3-2-4-8-18/h2-10,17,22H,11-16H2,1H3. The van der Waals surface area contributed by atoms with E-state index in [4.69, 9.17) is 4.74 Å². The first-order valence-electron chi connectivity index (χ1n) is 8.94. The molecule has 0 radical (unpaired) electrons. The summed E-state index contributed by atoms with van der Waals surface area (Å²) in [6.07, 6.45) is 2.36. The third kappa shape index (κ3) is 4.83. The van der Waals surface area contributed by atoms with Gasteiger partial charge >= 0.3 is 5.97 Å². The van der Waals surface area contributed by atoms with Crippen molar-refractivity contribution in [2.75, 3.05) is 32.1 Å². The number of nitrogens with zero attached hydrogens (tertiary/aromatic N) is 1. The summed E-state index contributed by atoms with van der Waals surface area (Å²) in [6.45, 7) is 4.18. The highest BCUT2D eigenvalue weighted by molar-refractivity contribution is 5.95. The molecular formula is C21H26N2O2. The summed E-state index contributed by atoms with van der Waals surface area (Å²) < 4.78 is 4.85. The van der Waals surface area contributed by atoms with Crippen LogP contribution in [0.15, 0.2) is 54.6 Å². The molecular weight excluding hydrogens is 312 g/mol. The monoisotopic (exact) mass is 338 g/mol. The van der Waals surface area contributed by atoms with Crippen LogP contribution in [0.4, 0.5) is 5.69 Å². The van der Waals surface area contributed by atoms with Crippen LogP contribution in [0.3, 0.4) is 0 Å². The van der Waals surface area contributed by atoms with Gasteiger partial charge in [0.2, 0.25) is 0 Å². The molecule has 1 heterocycles. The topological polar surface area (TPSA) is 41.6 Å². The predicted molar refractivity (Wildman–Crippen MR) is 101 cm³/mol. The van der Waals surface area contributed by atoms with Gasteiger partial charge in [-0.15, -0.1) is 0 Å². The zero-order chi connectivity index (χ0) is 17.5. The average molecular weight is 338 g/mol. The normalized spacial score (nSPS) is 15.7. The van der Waals surface area contributed by atoms with Gasteiger partial charge in [0.1, 0.15) is 0 Å². The van der Waals surface area contributed by atoms with Crippen molar-refractivity contribution in [3.63, 3.8) is 0 Å². The predicted octanol–water partition coefficient (Wildman–Crippen LogP) is 3.80. The number of nitrogens with one attached hydrogen (secondary N) is 1. The molecule has 0 aromatic heterocycles. The lowest BCUT2D eigenvalue weighted by molar-refractivity contribution is 0.0602. The summed E-state index contributed by atoms with van der Waals surface area (Å²) in [5.41, 5.74) is 2.85. The first-order chi connectivity index (χ1) is 12.3. The lowest BCUT2D eigenvalue weighted by Gasteiger charge is -2.32. The molecule has 0 aliphatic carbocycles. The van der Waals surface area contributed by atoms with Crippen LogP contribution in [-0.2, 0) is 11.3 Å². The van der Waals surface area contributed by atoms with E-state index in [1.165, 1.54) is 25.5 Å². The maximum Gasteiger partial charge on any atom is 0.339 e. The Hall–Kier alpha value is -2.33. The molecule has 1 aliphatic rings. The number of carbonyl (C=O) groups excluding carboxylic acids is 1. The molecule has 1 fully saturated rings. The SMILES string of the molecule is COC(=O)c1ccccc1NCC1CCN(Cc2ccccc2)CC1. The summed E-state index contributed by atoms with van der Waals surface area (Å²) in [5, 5.41) is 3.44. The third-order valence-corrected chi connectivity index (χ3v) is 4.87. The number of hydrogen-bond donors (Lipinski definition) is 1. The molecule has 4 nitrogen and oxygen atoms in total. The van der Waals surface area contributed by atoms with Crippen molar-refractivity contribution in [3.05, 3.63) is 65.7 Å². The minimum Gasteiger partial charge on any atom is -0.465 e. The fourth-order valence-electron chi connectivity index (χ4n) is 3.37. The van der Waals surface area contributed by atoms with Crippen LogP contribution in [-0.4, -0.2) is 37.6 Å². The number of carbonyl (C=O) groups is 1. The molecule has 1 aliphatic heterocycles. The van der Waals surface area contributed by atoms with Gasteiger partial charge in [-0.3, -0.25) is 4.90 Å². The van der Waals surface area contributed by atoms with Crippen LogP contribution in [0.2, 0.25) is 0 Å². The third-order valence-electron chi connectivity index (χ3n) is 4.87. The maximum atomic E-state index is 11.8. The van der Waals surface area contributed by atoms with Crippen molar-refractivity contribution < 1.29 is 9.53 Å². The highest BCUT2D eigenvalue weighted by Crippen LogP contribution is 2.21. The second kappa shape index (κ2) is 8.67. The van der Waals surface area contributed by atoms with Crippen molar-refractivity contribution in [1.29, 1.82) is 0 Å². The number of esters is 1. The molecule has 0 bridgehead atoms. The van der Waals surface area contributed by atoms with Crippen LogP contribution in [0.1, 0.15) is 28.8 Å². The van der Waals surface area contributed by atoms with Gasteiger partial charge in [-0.25, -0.2) is 4.79 Å². The molecule has 4 heteroatoms. The van der Waals surface area contributed by atoms with Crippen LogP contribution < -0.4 is 5.32 Å². The maximum absolute atomic E-state index is 11.8. The van der Waals surface area contributed by atoms with Gasteiger partial charge in [0, 0.05) is 18.8 Å². The minimum absolute atomic E-state index is 0.291. The fourth-order valence-corrected chi connectivity index (χ4v) is 3.37. The van der Waals surface area contributed by atoms with Crippen molar-refractivity contribution in [3.8, 4) is 0 Å². The zero-order valence-electron chi connectivity index (χ0n) is 14.8. The van der Waals surface area contributed by atoms with E-state index in [-0.39, 0.29) is 5.97 Å². The van der Waals surface area contributed by atoms with Crippen molar-refractivity contribution in [2.45, 2.75) is 19.4 Å². The quantitative estimate of drug-likeness (QED) is 0.814. The largest absolute Gasteiger partial charge is 0.465 e. The van der Waals surface area contributed by atoms with Gasteiger partial charge in [-0.2, -0.15) is 0 Å². The Kier molecular flexibility index (Phi) is 6.07. The van der Waals surface area contributed by atoms with Crippen LogP contribution in [0.25, 0.3) is 0 Å². The molecule has 0 spiro atoms. The summed E-state index contributed by atoms with van der Waals surface area (Å²) in [5.74, 6) is 0.346. The summed E-state index contributed by atoms with van der Waals surface area (Å²) >= 11 is 0. The van der Waals surface area contributed by atoms with Crippen molar-refractivity contribution in [2.24, 2.45) is 5.92 Å². The smallest absolute Gasteiger partial charge is 0.339 e. The van der Waals surface area contributed by atoms with E-state index >= 15 is 0 Å². The molecule has 0 amide bonds. The first kappa shape index (κ1) is 17.5. The van der Waals surface area contributed by atoms with Gasteiger partial charge in [-0.05, 0) is 49.5 Å². The molecule has 0 saturated carbocycles. The Bertz CT molecular complexity index is 679. The number of ether oxygens (including phenoxy) is 1. The van der Waals surface area contributed by atoms with Crippen LogP contribution in [0, 0.1) is 5.92 Å². The summed E-state index contributed by atoms with van der Waals surface area (Å²) in [4.78, 5) is 14.4. The Morgan fingerprint density at radius 3 is 2.48 bits per heavy atom. The van der Waals surface area contributed by atoms with Crippen LogP contribution in [0.5, 0.6) is 0 Å². The Morgan fingerprint density at radius 1 is 1.08 bits per heavy atom. The second-order valence-electron chi connectivity index (χ2n) is 6.62. The zero-order valence-corrected chi connectivity index (χ0v) is 14.8. The molecule has 1 N–H and O–H groups in total. The van der Waals surface area contributed by atoms with Gasteiger partial charge in [0.05, 0.1) is 12.7 Å². The van der Waals surface area contributed by atoms with Gasteiger partial charge < -0.3 is 10.1 Å². The van der Waals surface area contributed by atoms with Crippen LogP contribution >= 0.6 is 0 Å². The average Bonchev–Trinajstić information content (AvgIpc) is 2.68. The summed E-state index contributed by atoms with van der Waals surface area (Å²) in [6, 6.07) is 18.2. The number of methoxy groups -OCH3 is 1. The molecule has 3 rings (SSSR count). The van der Waals surface area contributed by atoms with Crippen molar-refractivity contribution in [1.82, 2.24) is 4.90 Å². The minimum atomic E-state index is -0.291. The van der Waals surface area contributed by atoms with Gasteiger partial charge in [0.25, 0.3) is 0 Å². The molecule has 0 unspecified atom stereocenters. The van der Waals surface area contributed by atoms with E-state index in [0.717, 1.165) is 31.9 Å². The van der Waals surface area contributed by atoms with E-state index in [0.29, 0.717) is 11.5 Å². The number of para-hydroxylation sites is 1. The highest BCUT2D eigenvalue weighted by atomic mass is 16.5. The summed E-state index contributed by atoms with van der Waals surface area (Å²) in [7, 11) is 1.42. The van der Waals surface area contributed by atoms with E-state index in [1.807, 2.05) is 18.2 Å². The molecule has 2 aromatic rings. The molecule has 2 aromatic carbocycles. The fraction of sp³-hybridized carbons (Fsp3) is 0.381. The van der Waals surface area contributed by atoms with E-state index in [2.05, 4.69) is 40.5 Å². The van der Waals surface area contributed by atoms with E-state index in [1.54, 1.807) is 6.07 Å². The highest BCUT2D eigenvalue weighted by Gasteiger charge is 2.20. The Morgan fingerprint density at radius 2 is 1.76 bits per heavy atom. The molecule has 1 saturated heterocycles. The van der Waals surface area contributed by atoms with Crippen molar-refractivity contribution >= 4 is 11.7 Å². The Balaban J connectivity index is 1.48. The van der Waals surface area contributed by atoms with E-state index in [9.17, 15) is 4.79 Å². The lowest BCUT2D eigenvalue weighted by atomic mass is 9.96. The molecule has 25 heavy (non-hydrogen) atoms. The number of likely N-dealkylation sites (tertiary alicyclic amines) is 1. The van der Waals surface area contributed by atoms with Gasteiger partial charge in [-0.1, -0.05) is 42.5 Å². The number of hydrogen-bond acceptors (Lipinski definition) is 4. The first-order valence-corrected chi connectivity index (χ1v) is 8.94. The number of piperidine rings is 1. The number of anilines is 1. The van der Waals surface area contributed by atoms with Gasteiger partial charge in [0.15, 0.2) is 0 Å². The number of benzene rings is 2. The Labute approximate surface area is 149 Å². The molecule has 0 atom stereocenters. The number of rotatable bonds is 6. The van der Waals surface area contributed by atoms with E-state index < -0.39 is 0 Å². The lowest BCUT2D eigenvalue weighted by Crippen LogP contribution is -2.35. The second-order valence-corrected chi connectivity index (χ2v) is 6.62.